The highest BCUT2D eigenvalue weighted by molar-refractivity contribution is 5.95. The number of likely N-dealkylation sites (N-methyl/N-ethyl adjacent to an activating group) is 1. The van der Waals surface area contributed by atoms with Gasteiger partial charge < -0.3 is 16.4 Å². The van der Waals surface area contributed by atoms with Gasteiger partial charge in [0, 0.05) is 7.05 Å². The monoisotopic (exact) mass is 290 g/mol. The number of benzene rings is 1. The number of nitrogens with one attached hydrogen (secondary N) is 2. The summed E-state index contributed by atoms with van der Waals surface area (Å²) in [5, 5.41) is 5.45. The van der Waals surface area contributed by atoms with Crippen LogP contribution in [0.15, 0.2) is 18.2 Å². The number of hydrogen-bond acceptors (Lipinski definition) is 4. The van der Waals surface area contributed by atoms with Crippen LogP contribution in [0.2, 0.25) is 0 Å². The molecule has 0 bridgehead atoms. The minimum atomic E-state index is -0.212. The van der Waals surface area contributed by atoms with E-state index in [1.807, 2.05) is 24.0 Å². The van der Waals surface area contributed by atoms with Crippen molar-refractivity contribution in [1.82, 2.24) is 10.2 Å². The molecule has 1 aromatic carbocycles. The Hall–Kier alpha value is -2.08. The van der Waals surface area contributed by atoms with Gasteiger partial charge in [-0.05, 0) is 44.0 Å². The van der Waals surface area contributed by atoms with Crippen LogP contribution in [0.1, 0.15) is 18.4 Å². The smallest absolute Gasteiger partial charge is 0.238 e. The fourth-order valence-corrected chi connectivity index (χ4v) is 2.65. The van der Waals surface area contributed by atoms with Crippen molar-refractivity contribution in [3.8, 4) is 0 Å². The normalized spacial score (nSPS) is 18.5. The molecule has 6 heteroatoms. The summed E-state index contributed by atoms with van der Waals surface area (Å²) in [4.78, 5) is 25.8. The van der Waals surface area contributed by atoms with Gasteiger partial charge in [0.2, 0.25) is 11.8 Å². The molecule has 1 aliphatic rings. The van der Waals surface area contributed by atoms with E-state index in [0.717, 1.165) is 24.9 Å². The van der Waals surface area contributed by atoms with Gasteiger partial charge in [-0.1, -0.05) is 6.07 Å². The summed E-state index contributed by atoms with van der Waals surface area (Å²) >= 11 is 0. The Bertz CT molecular complexity index is 544. The number of aryl methyl sites for hydroxylation is 1. The SMILES string of the molecule is CNC(=O)C1CCCN1CC(=O)Nc1ccc(C)cc1N. The van der Waals surface area contributed by atoms with Crippen molar-refractivity contribution in [1.29, 1.82) is 0 Å². The molecule has 1 aliphatic heterocycles. The fraction of sp³-hybridized carbons (Fsp3) is 0.467. The standard InChI is InChI=1S/C15H22N4O2/c1-10-5-6-12(11(16)8-10)18-14(20)9-19-7-3-4-13(19)15(21)17-2/h5-6,8,13H,3-4,7,9,16H2,1-2H3,(H,17,21)(H,18,20). The Morgan fingerprint density at radius 2 is 2.19 bits per heavy atom. The van der Waals surface area contributed by atoms with E-state index in [4.69, 9.17) is 5.73 Å². The highest BCUT2D eigenvalue weighted by atomic mass is 16.2. The molecular formula is C15H22N4O2. The van der Waals surface area contributed by atoms with E-state index in [9.17, 15) is 9.59 Å². The van der Waals surface area contributed by atoms with Crippen LogP contribution in [0.25, 0.3) is 0 Å². The first-order valence-electron chi connectivity index (χ1n) is 7.13. The number of likely N-dealkylation sites (tertiary alicyclic amines) is 1. The molecule has 0 spiro atoms. The second-order valence-electron chi connectivity index (χ2n) is 5.38. The molecule has 0 saturated carbocycles. The molecule has 21 heavy (non-hydrogen) atoms. The molecule has 1 atom stereocenters. The van der Waals surface area contributed by atoms with Crippen molar-refractivity contribution in [2.75, 3.05) is 31.2 Å². The zero-order valence-corrected chi connectivity index (χ0v) is 12.5. The van der Waals surface area contributed by atoms with E-state index in [1.54, 1.807) is 13.1 Å². The van der Waals surface area contributed by atoms with Crippen LogP contribution in [0.5, 0.6) is 0 Å². The predicted octanol–water partition coefficient (Wildman–Crippen LogP) is 0.726. The first-order chi connectivity index (χ1) is 10.0. The number of carbonyl (C=O) groups is 2. The Labute approximate surface area is 124 Å². The summed E-state index contributed by atoms with van der Waals surface area (Å²) in [5.74, 6) is -0.184. The van der Waals surface area contributed by atoms with Gasteiger partial charge >= 0.3 is 0 Å². The number of amides is 2. The third-order valence-electron chi connectivity index (χ3n) is 3.74. The zero-order chi connectivity index (χ0) is 15.4. The molecular weight excluding hydrogens is 268 g/mol. The van der Waals surface area contributed by atoms with Gasteiger partial charge in [-0.15, -0.1) is 0 Å². The Morgan fingerprint density at radius 3 is 2.86 bits per heavy atom. The summed E-state index contributed by atoms with van der Waals surface area (Å²) in [6, 6.07) is 5.30. The van der Waals surface area contributed by atoms with Gasteiger partial charge in [0.05, 0.1) is 24.0 Å². The molecule has 4 N–H and O–H groups in total. The molecule has 2 amide bonds. The van der Waals surface area contributed by atoms with Gasteiger partial charge in [-0.25, -0.2) is 0 Å². The summed E-state index contributed by atoms with van der Waals surface area (Å²) in [7, 11) is 1.62. The van der Waals surface area contributed by atoms with E-state index in [0.29, 0.717) is 11.4 Å². The maximum atomic E-state index is 12.1. The lowest BCUT2D eigenvalue weighted by atomic mass is 10.2. The first kappa shape index (κ1) is 15.3. The molecule has 1 heterocycles. The van der Waals surface area contributed by atoms with Crippen molar-refractivity contribution < 1.29 is 9.59 Å². The molecule has 1 unspecified atom stereocenters. The molecule has 2 rings (SSSR count). The molecule has 0 aromatic heterocycles. The number of nitrogens with two attached hydrogens (primary N) is 1. The van der Waals surface area contributed by atoms with Gasteiger partial charge in [-0.3, -0.25) is 14.5 Å². The summed E-state index contributed by atoms with van der Waals surface area (Å²) < 4.78 is 0. The average molecular weight is 290 g/mol. The van der Waals surface area contributed by atoms with Crippen molar-refractivity contribution >= 4 is 23.2 Å². The van der Waals surface area contributed by atoms with Crippen LogP contribution < -0.4 is 16.4 Å². The summed E-state index contributed by atoms with van der Waals surface area (Å²) in [6.45, 7) is 2.90. The molecule has 0 radical (unpaired) electrons. The van der Waals surface area contributed by atoms with Gasteiger partial charge in [-0.2, -0.15) is 0 Å². The lowest BCUT2D eigenvalue weighted by molar-refractivity contribution is -0.126. The van der Waals surface area contributed by atoms with E-state index in [-0.39, 0.29) is 24.4 Å². The summed E-state index contributed by atoms with van der Waals surface area (Å²) in [5.41, 5.74) is 8.09. The van der Waals surface area contributed by atoms with E-state index in [2.05, 4.69) is 10.6 Å². The molecule has 1 saturated heterocycles. The van der Waals surface area contributed by atoms with Crippen molar-refractivity contribution in [3.63, 3.8) is 0 Å². The van der Waals surface area contributed by atoms with Crippen molar-refractivity contribution in [3.05, 3.63) is 23.8 Å². The lowest BCUT2D eigenvalue weighted by Gasteiger charge is -2.22. The molecule has 114 valence electrons. The minimum absolute atomic E-state index is 0.0323. The second-order valence-corrected chi connectivity index (χ2v) is 5.38. The van der Waals surface area contributed by atoms with E-state index >= 15 is 0 Å². The maximum Gasteiger partial charge on any atom is 0.238 e. The highest BCUT2D eigenvalue weighted by Crippen LogP contribution is 2.20. The number of carbonyl (C=O) groups excluding carboxylic acids is 2. The average Bonchev–Trinajstić information content (AvgIpc) is 2.89. The number of rotatable bonds is 4. The Kier molecular flexibility index (Phi) is 4.80. The molecule has 6 nitrogen and oxygen atoms in total. The fourth-order valence-electron chi connectivity index (χ4n) is 2.65. The quantitative estimate of drug-likeness (QED) is 0.713. The topological polar surface area (TPSA) is 87.5 Å². The van der Waals surface area contributed by atoms with Crippen LogP contribution in [0.4, 0.5) is 11.4 Å². The van der Waals surface area contributed by atoms with Gasteiger partial charge in [0.25, 0.3) is 0 Å². The molecule has 1 aromatic rings. The van der Waals surface area contributed by atoms with Gasteiger partial charge in [0.1, 0.15) is 0 Å². The van der Waals surface area contributed by atoms with Crippen LogP contribution in [0.3, 0.4) is 0 Å². The number of nitrogen functional groups attached to an aromatic ring is 1. The lowest BCUT2D eigenvalue weighted by Crippen LogP contribution is -2.45. The van der Waals surface area contributed by atoms with Crippen molar-refractivity contribution in [2.45, 2.75) is 25.8 Å². The number of hydrogen-bond donors (Lipinski definition) is 3. The summed E-state index contributed by atoms with van der Waals surface area (Å²) in [6.07, 6.45) is 1.72. The third kappa shape index (κ3) is 3.72. The van der Waals surface area contributed by atoms with Crippen LogP contribution in [0, 0.1) is 6.92 Å². The Morgan fingerprint density at radius 1 is 1.43 bits per heavy atom. The van der Waals surface area contributed by atoms with Gasteiger partial charge in [0.15, 0.2) is 0 Å². The number of nitrogens with zero attached hydrogens (tertiary/aromatic N) is 1. The maximum absolute atomic E-state index is 12.1. The molecule has 0 aliphatic carbocycles. The Balaban J connectivity index is 1.96. The minimum Gasteiger partial charge on any atom is -0.397 e. The highest BCUT2D eigenvalue weighted by Gasteiger charge is 2.31. The van der Waals surface area contributed by atoms with E-state index < -0.39 is 0 Å². The van der Waals surface area contributed by atoms with E-state index in [1.165, 1.54) is 0 Å². The second kappa shape index (κ2) is 6.58. The molecule has 1 fully saturated rings. The van der Waals surface area contributed by atoms with Crippen molar-refractivity contribution in [2.24, 2.45) is 0 Å². The van der Waals surface area contributed by atoms with Crippen LogP contribution in [-0.4, -0.2) is 42.9 Å². The first-order valence-corrected chi connectivity index (χ1v) is 7.13. The predicted molar refractivity (Wildman–Crippen MR) is 82.9 cm³/mol. The largest absolute Gasteiger partial charge is 0.397 e. The third-order valence-corrected chi connectivity index (χ3v) is 3.74. The number of anilines is 2. The van der Waals surface area contributed by atoms with Crippen LogP contribution in [-0.2, 0) is 9.59 Å². The zero-order valence-electron chi connectivity index (χ0n) is 12.5. The van der Waals surface area contributed by atoms with Crippen LogP contribution >= 0.6 is 0 Å².